The molecule has 6 nitrogen and oxygen atoms in total. The molecule has 0 saturated carbocycles. The first-order valence-corrected chi connectivity index (χ1v) is 7.00. The van der Waals surface area contributed by atoms with Crippen molar-refractivity contribution < 1.29 is 4.92 Å². The summed E-state index contributed by atoms with van der Waals surface area (Å²) in [6.45, 7) is 4.84. The highest BCUT2D eigenvalue weighted by Gasteiger charge is 2.11. The molecule has 2 rings (SSSR count). The predicted octanol–water partition coefficient (Wildman–Crippen LogP) is 3.44. The molecule has 0 unspecified atom stereocenters. The van der Waals surface area contributed by atoms with E-state index in [1.165, 1.54) is 12.1 Å². The predicted molar refractivity (Wildman–Crippen MR) is 82.3 cm³/mol. The third kappa shape index (κ3) is 3.75. The maximum absolute atomic E-state index is 10.9. The van der Waals surface area contributed by atoms with Crippen molar-refractivity contribution >= 4 is 11.5 Å². The van der Waals surface area contributed by atoms with E-state index in [0.717, 1.165) is 30.9 Å². The Balaban J connectivity index is 2.46. The van der Waals surface area contributed by atoms with E-state index >= 15 is 0 Å². The molecule has 6 heteroatoms. The van der Waals surface area contributed by atoms with Crippen LogP contribution in [-0.4, -0.2) is 21.4 Å². The molecular formula is C15H18N4O2. The number of nitrogens with one attached hydrogen (secondary N) is 1. The van der Waals surface area contributed by atoms with Crippen molar-refractivity contribution in [3.05, 3.63) is 46.1 Å². The SMILES string of the molecule is CCCc1cc(NCC)nc(-c2cccc([N+](=O)[O-])c2)n1. The van der Waals surface area contributed by atoms with Crippen molar-refractivity contribution in [3.63, 3.8) is 0 Å². The highest BCUT2D eigenvalue weighted by Crippen LogP contribution is 2.23. The summed E-state index contributed by atoms with van der Waals surface area (Å²) in [4.78, 5) is 19.4. The lowest BCUT2D eigenvalue weighted by Gasteiger charge is -2.08. The van der Waals surface area contributed by atoms with Gasteiger partial charge in [-0.2, -0.15) is 0 Å². The maximum Gasteiger partial charge on any atom is 0.270 e. The number of hydrogen-bond acceptors (Lipinski definition) is 5. The largest absolute Gasteiger partial charge is 0.370 e. The molecule has 1 N–H and O–H groups in total. The molecule has 110 valence electrons. The van der Waals surface area contributed by atoms with Gasteiger partial charge in [0.15, 0.2) is 5.82 Å². The van der Waals surface area contributed by atoms with Crippen molar-refractivity contribution in [1.82, 2.24) is 9.97 Å². The monoisotopic (exact) mass is 286 g/mol. The Morgan fingerprint density at radius 3 is 2.71 bits per heavy atom. The van der Waals surface area contributed by atoms with Crippen LogP contribution in [0.4, 0.5) is 11.5 Å². The molecule has 0 fully saturated rings. The number of benzene rings is 1. The summed E-state index contributed by atoms with van der Waals surface area (Å²) in [5.74, 6) is 1.26. The van der Waals surface area contributed by atoms with Gasteiger partial charge in [-0.15, -0.1) is 0 Å². The minimum absolute atomic E-state index is 0.0435. The molecule has 1 aromatic carbocycles. The molecule has 0 amide bonds. The molecule has 1 heterocycles. The first-order valence-electron chi connectivity index (χ1n) is 7.00. The molecule has 0 aliphatic rings. The van der Waals surface area contributed by atoms with Crippen molar-refractivity contribution in [2.75, 3.05) is 11.9 Å². The molecule has 0 aliphatic heterocycles. The molecule has 0 radical (unpaired) electrons. The molecule has 0 saturated heterocycles. The summed E-state index contributed by atoms with van der Waals surface area (Å²) in [6, 6.07) is 8.32. The van der Waals surface area contributed by atoms with Gasteiger partial charge in [-0.3, -0.25) is 10.1 Å². The van der Waals surface area contributed by atoms with E-state index in [0.29, 0.717) is 11.4 Å². The molecular weight excluding hydrogens is 268 g/mol. The maximum atomic E-state index is 10.9. The average Bonchev–Trinajstić information content (AvgIpc) is 2.48. The zero-order chi connectivity index (χ0) is 15.2. The summed E-state index contributed by atoms with van der Waals surface area (Å²) in [6.07, 6.45) is 1.83. The Morgan fingerprint density at radius 2 is 2.05 bits per heavy atom. The summed E-state index contributed by atoms with van der Waals surface area (Å²) in [5.41, 5.74) is 1.63. The third-order valence-electron chi connectivity index (χ3n) is 2.96. The van der Waals surface area contributed by atoms with Crippen molar-refractivity contribution in [3.8, 4) is 11.4 Å². The normalized spacial score (nSPS) is 10.4. The Kier molecular flexibility index (Phi) is 4.81. The van der Waals surface area contributed by atoms with E-state index in [4.69, 9.17) is 0 Å². The minimum atomic E-state index is -0.412. The van der Waals surface area contributed by atoms with Gasteiger partial charge in [-0.25, -0.2) is 9.97 Å². The van der Waals surface area contributed by atoms with E-state index in [1.807, 2.05) is 13.0 Å². The Morgan fingerprint density at radius 1 is 1.24 bits per heavy atom. The van der Waals surface area contributed by atoms with Gasteiger partial charge in [0.2, 0.25) is 0 Å². The molecule has 0 spiro atoms. The Labute approximate surface area is 123 Å². The number of nitrogens with zero attached hydrogens (tertiary/aromatic N) is 3. The van der Waals surface area contributed by atoms with Crippen molar-refractivity contribution in [2.24, 2.45) is 0 Å². The van der Waals surface area contributed by atoms with E-state index in [2.05, 4.69) is 22.2 Å². The number of aromatic nitrogens is 2. The van der Waals surface area contributed by atoms with E-state index < -0.39 is 4.92 Å². The zero-order valence-corrected chi connectivity index (χ0v) is 12.2. The van der Waals surface area contributed by atoms with Gasteiger partial charge < -0.3 is 5.32 Å². The van der Waals surface area contributed by atoms with Crippen LogP contribution in [0.25, 0.3) is 11.4 Å². The lowest BCUT2D eigenvalue weighted by molar-refractivity contribution is -0.384. The van der Waals surface area contributed by atoms with E-state index in [-0.39, 0.29) is 5.69 Å². The zero-order valence-electron chi connectivity index (χ0n) is 12.2. The van der Waals surface area contributed by atoms with Crippen LogP contribution in [0.1, 0.15) is 26.0 Å². The topological polar surface area (TPSA) is 81.0 Å². The van der Waals surface area contributed by atoms with Gasteiger partial charge in [0, 0.05) is 36.0 Å². The first kappa shape index (κ1) is 14.9. The second kappa shape index (κ2) is 6.78. The number of non-ortho nitro benzene ring substituents is 1. The number of hydrogen-bond donors (Lipinski definition) is 1. The number of anilines is 1. The molecule has 2 aromatic rings. The fourth-order valence-corrected chi connectivity index (χ4v) is 2.04. The van der Waals surface area contributed by atoms with Crippen LogP contribution in [0.2, 0.25) is 0 Å². The fourth-order valence-electron chi connectivity index (χ4n) is 2.04. The van der Waals surface area contributed by atoms with Gasteiger partial charge in [-0.05, 0) is 13.3 Å². The van der Waals surface area contributed by atoms with Crippen LogP contribution < -0.4 is 5.32 Å². The van der Waals surface area contributed by atoms with Crippen LogP contribution in [0.5, 0.6) is 0 Å². The smallest absolute Gasteiger partial charge is 0.270 e. The van der Waals surface area contributed by atoms with Crippen molar-refractivity contribution in [1.29, 1.82) is 0 Å². The van der Waals surface area contributed by atoms with E-state index in [9.17, 15) is 10.1 Å². The second-order valence-corrected chi connectivity index (χ2v) is 4.66. The minimum Gasteiger partial charge on any atom is -0.370 e. The molecule has 1 aromatic heterocycles. The van der Waals surface area contributed by atoms with Crippen molar-refractivity contribution in [2.45, 2.75) is 26.7 Å². The van der Waals surface area contributed by atoms with Gasteiger partial charge in [0.1, 0.15) is 5.82 Å². The fraction of sp³-hybridized carbons (Fsp3) is 0.333. The van der Waals surface area contributed by atoms with Gasteiger partial charge >= 0.3 is 0 Å². The summed E-state index contributed by atoms with van der Waals surface area (Å²) in [5, 5.41) is 14.0. The average molecular weight is 286 g/mol. The summed E-state index contributed by atoms with van der Waals surface area (Å²) < 4.78 is 0. The standard InChI is InChI=1S/C15H18N4O2/c1-3-6-12-10-14(16-4-2)18-15(17-12)11-7-5-8-13(9-11)19(20)21/h5,7-10H,3-4,6H2,1-2H3,(H,16,17,18). The van der Waals surface area contributed by atoms with Crippen LogP contribution in [0, 0.1) is 10.1 Å². The second-order valence-electron chi connectivity index (χ2n) is 4.66. The lowest BCUT2D eigenvalue weighted by atomic mass is 10.1. The van der Waals surface area contributed by atoms with E-state index in [1.54, 1.807) is 12.1 Å². The number of aryl methyl sites for hydroxylation is 1. The number of rotatable bonds is 6. The molecule has 0 aliphatic carbocycles. The first-order chi connectivity index (χ1) is 10.1. The Bertz CT molecular complexity index is 619. The van der Waals surface area contributed by atoms with Gasteiger partial charge in [0.05, 0.1) is 4.92 Å². The number of nitro groups is 1. The third-order valence-corrected chi connectivity index (χ3v) is 2.96. The number of nitro benzene ring substituents is 1. The lowest BCUT2D eigenvalue weighted by Crippen LogP contribution is -2.04. The summed E-state index contributed by atoms with van der Waals surface area (Å²) >= 11 is 0. The highest BCUT2D eigenvalue weighted by atomic mass is 16.6. The van der Waals surface area contributed by atoms with Crippen LogP contribution in [0.3, 0.4) is 0 Å². The highest BCUT2D eigenvalue weighted by molar-refractivity contribution is 5.61. The van der Waals surface area contributed by atoms with Crippen LogP contribution in [-0.2, 0) is 6.42 Å². The van der Waals surface area contributed by atoms with Gasteiger partial charge in [-0.1, -0.05) is 25.5 Å². The summed E-state index contributed by atoms with van der Waals surface area (Å²) in [7, 11) is 0. The molecule has 0 bridgehead atoms. The molecule has 0 atom stereocenters. The Hall–Kier alpha value is -2.50. The quantitative estimate of drug-likeness (QED) is 0.650. The molecule has 21 heavy (non-hydrogen) atoms. The van der Waals surface area contributed by atoms with Crippen LogP contribution in [0.15, 0.2) is 30.3 Å². The van der Waals surface area contributed by atoms with Crippen LogP contribution >= 0.6 is 0 Å². The van der Waals surface area contributed by atoms with Gasteiger partial charge in [0.25, 0.3) is 5.69 Å².